The van der Waals surface area contributed by atoms with E-state index >= 15 is 0 Å². The third-order valence-corrected chi connectivity index (χ3v) is 3.13. The zero-order valence-electron chi connectivity index (χ0n) is 9.82. The lowest BCUT2D eigenvalue weighted by atomic mass is 10.0. The van der Waals surface area contributed by atoms with Crippen molar-refractivity contribution in [3.05, 3.63) is 34.1 Å². The Morgan fingerprint density at radius 1 is 1.33 bits per heavy atom. The van der Waals surface area contributed by atoms with Crippen LogP contribution in [0.25, 0.3) is 0 Å². The fraction of sp³-hybridized carbons (Fsp3) is 0.500. The van der Waals surface area contributed by atoms with Gasteiger partial charge < -0.3 is 5.32 Å². The summed E-state index contributed by atoms with van der Waals surface area (Å²) in [5, 5.41) is 2.84. The molecule has 0 aliphatic heterocycles. The number of hydrogen-bond donors (Lipinski definition) is 1. The molecule has 1 N–H and O–H groups in total. The molecule has 6 heteroatoms. The molecule has 1 aromatic rings. The number of benzene rings is 1. The lowest BCUT2D eigenvalue weighted by molar-refractivity contribution is -0.135. The molecule has 0 saturated carbocycles. The highest BCUT2D eigenvalue weighted by molar-refractivity contribution is 9.10. The molecule has 0 aliphatic rings. The average molecular weight is 328 g/mol. The van der Waals surface area contributed by atoms with Crippen LogP contribution < -0.4 is 5.32 Å². The second kappa shape index (κ2) is 6.52. The Kier molecular flexibility index (Phi) is 5.59. The molecule has 1 aromatic carbocycles. The van der Waals surface area contributed by atoms with Crippen LogP contribution in [0.15, 0.2) is 22.7 Å². The van der Waals surface area contributed by atoms with Gasteiger partial charge in [-0.05, 0) is 32.0 Å². The lowest BCUT2D eigenvalue weighted by Crippen LogP contribution is -2.18. The third-order valence-electron chi connectivity index (χ3n) is 2.64. The highest BCUT2D eigenvalue weighted by atomic mass is 79.9. The summed E-state index contributed by atoms with van der Waals surface area (Å²) in [7, 11) is 1.61. The summed E-state index contributed by atoms with van der Waals surface area (Å²) in [6, 6.07) is 4.16. The third kappa shape index (κ3) is 4.94. The molecule has 0 amide bonds. The normalized spacial score (nSPS) is 13.7. The quantitative estimate of drug-likeness (QED) is 0.780. The predicted molar refractivity (Wildman–Crippen MR) is 65.8 cm³/mol. The number of hydrogen-bond acceptors (Lipinski definition) is 1. The molecule has 1 rings (SSSR count). The second-order valence-electron chi connectivity index (χ2n) is 4.01. The Morgan fingerprint density at radius 3 is 2.50 bits per heavy atom. The minimum absolute atomic E-state index is 0.0233. The van der Waals surface area contributed by atoms with E-state index < -0.39 is 24.5 Å². The van der Waals surface area contributed by atoms with Crippen molar-refractivity contribution in [2.75, 3.05) is 7.05 Å². The van der Waals surface area contributed by atoms with Gasteiger partial charge >= 0.3 is 6.18 Å². The maximum absolute atomic E-state index is 13.7. The topological polar surface area (TPSA) is 12.0 Å². The zero-order valence-corrected chi connectivity index (χ0v) is 11.4. The van der Waals surface area contributed by atoms with Crippen LogP contribution in [-0.2, 0) is 0 Å². The van der Waals surface area contributed by atoms with Crippen LogP contribution in [0.4, 0.5) is 17.6 Å². The molecule has 0 aromatic heterocycles. The summed E-state index contributed by atoms with van der Waals surface area (Å²) in [6.45, 7) is 0. The zero-order chi connectivity index (χ0) is 13.8. The molecular formula is C12H14BrF4N. The molecule has 0 radical (unpaired) electrons. The van der Waals surface area contributed by atoms with Gasteiger partial charge in [-0.1, -0.05) is 22.0 Å². The molecule has 0 aliphatic carbocycles. The van der Waals surface area contributed by atoms with Gasteiger partial charge in [0.25, 0.3) is 0 Å². The van der Waals surface area contributed by atoms with Crippen molar-refractivity contribution in [2.45, 2.75) is 31.5 Å². The summed E-state index contributed by atoms with van der Waals surface area (Å²) >= 11 is 3.14. The molecule has 0 spiro atoms. The lowest BCUT2D eigenvalue weighted by Gasteiger charge is -2.18. The Hall–Kier alpha value is -0.620. The SMILES string of the molecule is CNC(CCCC(F)(F)F)c1ccc(Br)cc1F. The first-order chi connectivity index (χ1) is 8.33. The minimum atomic E-state index is -4.16. The van der Waals surface area contributed by atoms with E-state index in [-0.39, 0.29) is 12.8 Å². The summed E-state index contributed by atoms with van der Waals surface area (Å²) < 4.78 is 50.4. The van der Waals surface area contributed by atoms with Gasteiger partial charge in [-0.3, -0.25) is 0 Å². The number of nitrogens with one attached hydrogen (secondary N) is 1. The summed E-state index contributed by atoms with van der Waals surface area (Å²) in [5.74, 6) is -0.421. The number of halogens is 5. The van der Waals surface area contributed by atoms with Crippen molar-refractivity contribution < 1.29 is 17.6 Å². The fourth-order valence-corrected chi connectivity index (χ4v) is 2.08. The van der Waals surface area contributed by atoms with Crippen molar-refractivity contribution >= 4 is 15.9 Å². The number of rotatable bonds is 5. The predicted octanol–water partition coefficient (Wildman–Crippen LogP) is 4.58. The highest BCUT2D eigenvalue weighted by Crippen LogP contribution is 2.28. The molecule has 0 fully saturated rings. The smallest absolute Gasteiger partial charge is 0.313 e. The van der Waals surface area contributed by atoms with Crippen LogP contribution in [0.1, 0.15) is 30.9 Å². The first-order valence-electron chi connectivity index (χ1n) is 5.52. The molecule has 18 heavy (non-hydrogen) atoms. The summed E-state index contributed by atoms with van der Waals surface area (Å²) in [6.07, 6.45) is -4.78. The van der Waals surface area contributed by atoms with E-state index in [1.54, 1.807) is 19.2 Å². The van der Waals surface area contributed by atoms with Crippen LogP contribution in [0, 0.1) is 5.82 Å². The van der Waals surface area contributed by atoms with Crippen LogP contribution in [-0.4, -0.2) is 13.2 Å². The number of alkyl halides is 3. The molecule has 102 valence electrons. The monoisotopic (exact) mass is 327 g/mol. The summed E-state index contributed by atoms with van der Waals surface area (Å²) in [5.41, 5.74) is 0.392. The van der Waals surface area contributed by atoms with Crippen LogP contribution in [0.3, 0.4) is 0 Å². The maximum Gasteiger partial charge on any atom is 0.389 e. The van der Waals surface area contributed by atoms with Crippen LogP contribution >= 0.6 is 15.9 Å². The van der Waals surface area contributed by atoms with E-state index in [0.29, 0.717) is 10.0 Å². The molecule has 0 bridgehead atoms. The van der Waals surface area contributed by atoms with Gasteiger partial charge in [-0.2, -0.15) is 13.2 Å². The Labute approximate surface area is 112 Å². The van der Waals surface area contributed by atoms with E-state index in [4.69, 9.17) is 0 Å². The summed E-state index contributed by atoms with van der Waals surface area (Å²) in [4.78, 5) is 0. The van der Waals surface area contributed by atoms with Gasteiger partial charge in [0.15, 0.2) is 0 Å². The Balaban J connectivity index is 2.66. The van der Waals surface area contributed by atoms with Crippen LogP contribution in [0.5, 0.6) is 0 Å². The van der Waals surface area contributed by atoms with E-state index in [0.717, 1.165) is 0 Å². The Morgan fingerprint density at radius 2 is 2.00 bits per heavy atom. The van der Waals surface area contributed by atoms with Gasteiger partial charge in [0.2, 0.25) is 0 Å². The van der Waals surface area contributed by atoms with Crippen molar-refractivity contribution in [1.29, 1.82) is 0 Å². The van der Waals surface area contributed by atoms with Gasteiger partial charge in [-0.25, -0.2) is 4.39 Å². The molecule has 0 saturated heterocycles. The highest BCUT2D eigenvalue weighted by Gasteiger charge is 2.27. The first-order valence-corrected chi connectivity index (χ1v) is 6.32. The van der Waals surface area contributed by atoms with Crippen molar-refractivity contribution in [2.24, 2.45) is 0 Å². The molecule has 1 nitrogen and oxygen atoms in total. The molecule has 0 heterocycles. The standard InChI is InChI=1S/C12H14BrF4N/c1-18-11(3-2-6-12(15,16)17)9-5-4-8(13)7-10(9)14/h4-5,7,11,18H,2-3,6H2,1H3. The minimum Gasteiger partial charge on any atom is -0.313 e. The van der Waals surface area contributed by atoms with Crippen molar-refractivity contribution in [1.82, 2.24) is 5.32 Å². The van der Waals surface area contributed by atoms with Crippen LogP contribution in [0.2, 0.25) is 0 Å². The van der Waals surface area contributed by atoms with Gasteiger partial charge in [0.05, 0.1) is 0 Å². The largest absolute Gasteiger partial charge is 0.389 e. The molecular weight excluding hydrogens is 314 g/mol. The van der Waals surface area contributed by atoms with E-state index in [1.807, 2.05) is 0 Å². The van der Waals surface area contributed by atoms with E-state index in [9.17, 15) is 17.6 Å². The van der Waals surface area contributed by atoms with Gasteiger partial charge in [0.1, 0.15) is 5.82 Å². The fourth-order valence-electron chi connectivity index (χ4n) is 1.75. The maximum atomic E-state index is 13.7. The molecule has 1 atom stereocenters. The second-order valence-corrected chi connectivity index (χ2v) is 4.93. The average Bonchev–Trinajstić information content (AvgIpc) is 2.24. The first kappa shape index (κ1) is 15.4. The van der Waals surface area contributed by atoms with Crippen molar-refractivity contribution in [3.63, 3.8) is 0 Å². The van der Waals surface area contributed by atoms with Gasteiger partial charge in [0, 0.05) is 22.5 Å². The van der Waals surface area contributed by atoms with E-state index in [1.165, 1.54) is 6.07 Å². The molecule has 1 unspecified atom stereocenters. The van der Waals surface area contributed by atoms with Crippen molar-refractivity contribution in [3.8, 4) is 0 Å². The van der Waals surface area contributed by atoms with E-state index in [2.05, 4.69) is 21.2 Å². The van der Waals surface area contributed by atoms with Gasteiger partial charge in [-0.15, -0.1) is 0 Å². The Bertz CT molecular complexity index is 392.